The lowest BCUT2D eigenvalue weighted by molar-refractivity contribution is -0.173. The van der Waals surface area contributed by atoms with E-state index in [1.165, 1.54) is 14.2 Å². The Kier molecular flexibility index (Phi) is 25.3. The molecule has 0 spiro atoms. The SMILES string of the molecule is [2H]C1[C@@H](COP(C)N(C(C)C)C(C)C)O[C@@H](Cc2ccccc2)[C@H]1NC(=O)CN1C(=O)c2ccccc2C1=O.[2H]C1[C@@H](COP(C)N(C(C)C)C(C)C)O[C@@H](Cc2ccccc2)[C@H]1NC(=O)CNC(=O)C(F)(F)F.[3H]OC.[3H]OC. The molecule has 0 aliphatic carbocycles. The highest BCUT2D eigenvalue weighted by Crippen LogP contribution is 2.43. The van der Waals surface area contributed by atoms with Gasteiger partial charge >= 0.3 is 12.1 Å². The number of ether oxygens (including phenoxy) is 2. The van der Waals surface area contributed by atoms with Crippen LogP contribution in [0.25, 0.3) is 0 Å². The fourth-order valence-corrected chi connectivity index (χ4v) is 12.8. The number of amides is 5. The molecule has 5 amide bonds. The van der Waals surface area contributed by atoms with Crippen molar-refractivity contribution in [2.75, 3.05) is 53.9 Å². The van der Waals surface area contributed by atoms with E-state index in [-0.39, 0.29) is 25.3 Å². The van der Waals surface area contributed by atoms with Crippen LogP contribution in [0.1, 0.15) is 103 Å². The molecule has 3 aliphatic rings. The average molecular weight is 1120 g/mol. The lowest BCUT2D eigenvalue weighted by Crippen LogP contribution is -2.47. The van der Waals surface area contributed by atoms with Gasteiger partial charge in [-0.15, -0.1) is 0 Å². The second-order valence-electron chi connectivity index (χ2n) is 19.0. The molecule has 2 saturated heterocycles. The van der Waals surface area contributed by atoms with Crippen LogP contribution in [0, 0.1) is 0 Å². The highest BCUT2D eigenvalue weighted by atomic mass is 31.2. The third kappa shape index (κ3) is 20.1. The summed E-state index contributed by atoms with van der Waals surface area (Å²) in [5.41, 5.74) is 2.55. The van der Waals surface area contributed by atoms with Gasteiger partial charge in [-0.05, 0) is 105 Å². The summed E-state index contributed by atoms with van der Waals surface area (Å²) in [6.07, 6.45) is -8.05. The molecule has 22 heteroatoms. The number of nitrogens with one attached hydrogen (secondary N) is 3. The van der Waals surface area contributed by atoms with E-state index in [1.54, 1.807) is 29.6 Å². The first kappa shape index (κ1) is 59.2. The summed E-state index contributed by atoms with van der Waals surface area (Å²) in [6.45, 7) is 20.1. The molecule has 0 radical (unpaired) electrons. The van der Waals surface area contributed by atoms with Gasteiger partial charge in [0.15, 0.2) is 0 Å². The Labute approximate surface area is 455 Å². The number of carbonyl (C=O) groups excluding carboxylic acids is 5. The Hall–Kier alpha value is -4.46. The maximum atomic E-state index is 13.1. The number of fused-ring (bicyclic) bond motifs is 1. The normalized spacial score (nSPS) is 23.6. The van der Waals surface area contributed by atoms with Crippen molar-refractivity contribution >= 4 is 46.1 Å². The van der Waals surface area contributed by atoms with Crippen LogP contribution in [0.5, 0.6) is 0 Å². The molecule has 0 aromatic heterocycles. The van der Waals surface area contributed by atoms with E-state index in [1.807, 2.05) is 67.3 Å². The fourth-order valence-electron chi connectivity index (χ4n) is 9.18. The summed E-state index contributed by atoms with van der Waals surface area (Å²) in [7, 11) is 0.744. The van der Waals surface area contributed by atoms with Crippen molar-refractivity contribution in [3.05, 3.63) is 107 Å². The van der Waals surface area contributed by atoms with Crippen LogP contribution in [0.2, 0.25) is 0 Å². The standard InChI is InChI=1S/C29H38N3O5P.C23H35F3N3O4P.2CH4O/c1-19(2)32(20(3)4)38(5)36-18-22-16-25(26(37-22)15-21-11-7-6-8-12-21)30-27(33)17-31-28(34)23-13-9-10-14-24(23)29(31)35;1-15(2)29(16(3)4)34(5)32-14-18-12-19(20(33-18)11-17-9-7-6-8-10-17)28-21(30)13-27-22(31)23(24,25)26;2*1-2/h6-14,19-20,22,25-26H,15-18H2,1-5H3,(H,30,33);6-10,15-16,18-20H,11-14H2,1-5H3,(H,27,31)(H,28,30);2*2H,1H3/t22-,25-,26-,38?;18-,19-,20-,34?;;/m00../s1/i16D;12D;2*2T/t16?,22-,25-,26-,38?;12?,18-,19-,20-,34?;;. The van der Waals surface area contributed by atoms with Crippen LogP contribution < -0.4 is 16.0 Å². The van der Waals surface area contributed by atoms with Gasteiger partial charge < -0.3 is 44.7 Å². The van der Waals surface area contributed by atoms with Crippen LogP contribution in [0.4, 0.5) is 13.2 Å². The molecule has 6 rings (SSSR count). The van der Waals surface area contributed by atoms with Gasteiger partial charge in [-0.2, -0.15) is 13.2 Å². The van der Waals surface area contributed by atoms with Crippen LogP contribution in [0.15, 0.2) is 84.9 Å². The Morgan fingerprint density at radius 2 is 1.05 bits per heavy atom. The van der Waals surface area contributed by atoms with Crippen LogP contribution in [-0.2, 0) is 45.7 Å². The summed E-state index contributed by atoms with van der Waals surface area (Å²) in [6, 6.07) is 25.5. The maximum Gasteiger partial charge on any atom is 0.471 e. The van der Waals surface area contributed by atoms with Crippen molar-refractivity contribution in [3.63, 3.8) is 0 Å². The molecule has 3 aromatic rings. The first-order valence-corrected chi connectivity index (χ1v) is 28.4. The van der Waals surface area contributed by atoms with Crippen LogP contribution >= 0.6 is 16.6 Å². The number of imide groups is 1. The molecule has 0 bridgehead atoms. The van der Waals surface area contributed by atoms with Gasteiger partial charge in [-0.1, -0.05) is 72.8 Å². The number of alkyl halides is 3. The first-order valence-electron chi connectivity index (χ1n) is 27.1. The minimum atomic E-state index is -5.08. The molecular formula is C54H81F3N6O11P2. The summed E-state index contributed by atoms with van der Waals surface area (Å²) in [4.78, 5) is 62.9. The monoisotopic (exact) mass is 1110 g/mol. The number of nitrogens with zero attached hydrogens (tertiary/aromatic N) is 3. The second kappa shape index (κ2) is 32.4. The molecule has 2 fully saturated rings. The number of halogens is 3. The Morgan fingerprint density at radius 1 is 0.697 bits per heavy atom. The summed E-state index contributed by atoms with van der Waals surface area (Å²) in [5, 5.41) is 14.1. The zero-order chi connectivity index (χ0) is 60.0. The van der Waals surface area contributed by atoms with Gasteiger partial charge in [0.2, 0.25) is 14.7 Å². The third-order valence-electron chi connectivity index (χ3n) is 12.0. The number of carbonyl (C=O) groups is 5. The molecule has 76 heavy (non-hydrogen) atoms. The van der Waals surface area contributed by atoms with Crippen molar-refractivity contribution in [3.8, 4) is 0 Å². The average Bonchev–Trinajstić information content (AvgIpc) is 3.95. The number of hydrogen-bond acceptors (Lipinski definition) is 13. The zero-order valence-electron chi connectivity index (χ0n) is 49.6. The van der Waals surface area contributed by atoms with Gasteiger partial charge in [-0.25, -0.2) is 0 Å². The zero-order valence-corrected chi connectivity index (χ0v) is 47.4. The van der Waals surface area contributed by atoms with Crippen molar-refractivity contribution in [2.45, 2.75) is 148 Å². The minimum absolute atomic E-state index is 0.148. The van der Waals surface area contributed by atoms with Gasteiger partial charge in [0.05, 0.1) is 67.4 Å². The predicted octanol–water partition coefficient (Wildman–Crippen LogP) is 7.09. The molecule has 3 heterocycles. The minimum Gasteiger partial charge on any atom is -0.400 e. The van der Waals surface area contributed by atoms with E-state index in [2.05, 4.69) is 92.2 Å². The second-order valence-corrected chi connectivity index (χ2v) is 22.3. The number of benzene rings is 3. The van der Waals surface area contributed by atoms with E-state index in [0.29, 0.717) is 36.1 Å². The predicted molar refractivity (Wildman–Crippen MR) is 290 cm³/mol. The van der Waals surface area contributed by atoms with Crippen molar-refractivity contribution < 1.29 is 68.6 Å². The Bertz CT molecular complexity index is 2330. The van der Waals surface area contributed by atoms with E-state index in [0.717, 1.165) is 16.0 Å². The molecule has 5 N–H and O–H groups in total. The highest BCUT2D eigenvalue weighted by Gasteiger charge is 2.42. The first-order chi connectivity index (χ1) is 37.7. The lowest BCUT2D eigenvalue weighted by atomic mass is 10.0. The summed E-state index contributed by atoms with van der Waals surface area (Å²) in [5.74, 6) is -4.49. The maximum absolute atomic E-state index is 13.1. The molecule has 10 atom stereocenters. The smallest absolute Gasteiger partial charge is 0.400 e. The number of aliphatic hydroxyl groups excluding tert-OH is 2. The Morgan fingerprint density at radius 3 is 1.41 bits per heavy atom. The van der Waals surface area contributed by atoms with Gasteiger partial charge in [0.25, 0.3) is 11.8 Å². The van der Waals surface area contributed by atoms with E-state index >= 15 is 0 Å². The van der Waals surface area contributed by atoms with E-state index in [4.69, 9.17) is 24.1 Å². The lowest BCUT2D eigenvalue weighted by Gasteiger charge is -2.35. The van der Waals surface area contributed by atoms with Crippen LogP contribution in [-0.4, -0.2) is 178 Å². The number of aliphatic hydroxyl groups is 2. The van der Waals surface area contributed by atoms with Gasteiger partial charge in [0.1, 0.15) is 23.1 Å². The topological polar surface area (TPSA) is 209 Å². The molecule has 424 valence electrons. The number of rotatable bonds is 22. The van der Waals surface area contributed by atoms with Crippen molar-refractivity contribution in [2.24, 2.45) is 0 Å². The van der Waals surface area contributed by atoms with E-state index < -0.39 is 115 Å². The fraction of sp³-hybridized carbons (Fsp3) is 0.574. The molecule has 0 saturated carbocycles. The molecule has 4 unspecified atom stereocenters. The quantitative estimate of drug-likeness (QED) is 0.0504. The Balaban J connectivity index is 0.000000385. The molecule has 3 aliphatic heterocycles. The molecular weight excluding hydrogens is 1030 g/mol. The van der Waals surface area contributed by atoms with E-state index in [9.17, 15) is 37.1 Å². The largest absolute Gasteiger partial charge is 0.471 e. The molecule has 3 aromatic carbocycles. The van der Waals surface area contributed by atoms with Gasteiger partial charge in [0, 0.05) is 54.0 Å². The van der Waals surface area contributed by atoms with Crippen molar-refractivity contribution in [1.82, 2.24) is 30.2 Å². The highest BCUT2D eigenvalue weighted by molar-refractivity contribution is 7.49. The summed E-state index contributed by atoms with van der Waals surface area (Å²) < 4.78 is 95.6. The number of hydrogen-bond donors (Lipinski definition) is 5. The third-order valence-corrected chi connectivity index (χ3v) is 16.2. The van der Waals surface area contributed by atoms with Crippen LogP contribution in [0.3, 0.4) is 0 Å². The summed E-state index contributed by atoms with van der Waals surface area (Å²) >= 11 is 0. The molecule has 17 nitrogen and oxygen atoms in total. The van der Waals surface area contributed by atoms with Gasteiger partial charge in [-0.3, -0.25) is 38.2 Å². The van der Waals surface area contributed by atoms with Crippen molar-refractivity contribution in [1.29, 1.82) is 2.86 Å².